The van der Waals surface area contributed by atoms with Crippen molar-refractivity contribution in [1.29, 1.82) is 0 Å². The molecular formula is C25H19BrClNO4. The molecule has 1 aliphatic heterocycles. The first-order chi connectivity index (χ1) is 15.4. The quantitative estimate of drug-likeness (QED) is 0.285. The molecular weight excluding hydrogens is 494 g/mol. The van der Waals surface area contributed by atoms with E-state index in [1.165, 1.54) is 7.11 Å². The Morgan fingerprint density at radius 3 is 2.69 bits per heavy atom. The summed E-state index contributed by atoms with van der Waals surface area (Å²) in [6.07, 6.45) is 1.60. The SMILES string of the molecule is COc1cc(/C=C2\N=C(c3ccccc3Br)OC2=O)cc(Cl)c1OCc1cccc(C)c1. The third kappa shape index (κ3) is 4.87. The van der Waals surface area contributed by atoms with Gasteiger partial charge in [0.25, 0.3) is 0 Å². The van der Waals surface area contributed by atoms with Gasteiger partial charge in [-0.05, 0) is 64.3 Å². The number of aryl methyl sites for hydroxylation is 1. The Labute approximate surface area is 199 Å². The van der Waals surface area contributed by atoms with E-state index in [2.05, 4.69) is 20.9 Å². The first-order valence-corrected chi connectivity index (χ1v) is 10.9. The fraction of sp³-hybridized carbons (Fsp3) is 0.120. The van der Waals surface area contributed by atoms with E-state index in [-0.39, 0.29) is 11.6 Å². The normalized spacial score (nSPS) is 14.3. The van der Waals surface area contributed by atoms with Crippen molar-refractivity contribution in [2.45, 2.75) is 13.5 Å². The minimum atomic E-state index is -0.536. The maximum atomic E-state index is 12.4. The molecule has 0 bridgehead atoms. The molecule has 0 aromatic heterocycles. The Kier molecular flexibility index (Phi) is 6.63. The minimum absolute atomic E-state index is 0.169. The van der Waals surface area contributed by atoms with Crippen molar-refractivity contribution in [3.8, 4) is 11.5 Å². The molecule has 0 saturated heterocycles. The molecule has 0 atom stereocenters. The van der Waals surface area contributed by atoms with Gasteiger partial charge in [-0.25, -0.2) is 9.79 Å². The summed E-state index contributed by atoms with van der Waals surface area (Å²) in [4.78, 5) is 16.7. The number of methoxy groups -OCH3 is 1. The maximum absolute atomic E-state index is 12.4. The number of rotatable bonds is 6. The van der Waals surface area contributed by atoms with Crippen LogP contribution in [0.3, 0.4) is 0 Å². The van der Waals surface area contributed by atoms with E-state index < -0.39 is 5.97 Å². The van der Waals surface area contributed by atoms with Gasteiger partial charge in [0.1, 0.15) is 6.61 Å². The van der Waals surface area contributed by atoms with Crippen molar-refractivity contribution < 1.29 is 19.0 Å². The highest BCUT2D eigenvalue weighted by atomic mass is 79.9. The lowest BCUT2D eigenvalue weighted by atomic mass is 10.1. The second-order valence-corrected chi connectivity index (χ2v) is 8.39. The maximum Gasteiger partial charge on any atom is 0.363 e. The van der Waals surface area contributed by atoms with Crippen molar-refractivity contribution in [3.05, 3.63) is 98.1 Å². The van der Waals surface area contributed by atoms with Crippen LogP contribution in [-0.4, -0.2) is 19.0 Å². The predicted octanol–water partition coefficient (Wildman–Crippen LogP) is 6.34. The summed E-state index contributed by atoms with van der Waals surface area (Å²) in [5.74, 6) is 0.595. The van der Waals surface area contributed by atoms with E-state index in [1.807, 2.05) is 55.5 Å². The van der Waals surface area contributed by atoms with Crippen molar-refractivity contribution >= 4 is 45.5 Å². The van der Waals surface area contributed by atoms with Crippen molar-refractivity contribution in [1.82, 2.24) is 0 Å². The number of hydrogen-bond acceptors (Lipinski definition) is 5. The summed E-state index contributed by atoms with van der Waals surface area (Å²) in [5.41, 5.74) is 3.68. The van der Waals surface area contributed by atoms with E-state index in [1.54, 1.807) is 18.2 Å². The first kappa shape index (κ1) is 22.1. The lowest BCUT2D eigenvalue weighted by Gasteiger charge is -2.13. The number of halogens is 2. The van der Waals surface area contributed by atoms with E-state index in [0.29, 0.717) is 34.3 Å². The second-order valence-electron chi connectivity index (χ2n) is 7.13. The fourth-order valence-electron chi connectivity index (χ4n) is 3.24. The van der Waals surface area contributed by atoms with Crippen LogP contribution in [0.15, 0.2) is 75.8 Å². The number of nitrogens with zero attached hydrogens (tertiary/aromatic N) is 1. The summed E-state index contributed by atoms with van der Waals surface area (Å²) in [6, 6.07) is 18.9. The summed E-state index contributed by atoms with van der Waals surface area (Å²) < 4.78 is 17.5. The van der Waals surface area contributed by atoms with Gasteiger partial charge in [-0.15, -0.1) is 0 Å². The molecule has 3 aromatic carbocycles. The summed E-state index contributed by atoms with van der Waals surface area (Å²) in [6.45, 7) is 2.38. The molecule has 5 nitrogen and oxygen atoms in total. The standard InChI is InChI=1S/C25H19BrClNO4/c1-15-6-5-7-16(10-15)14-31-23-20(27)11-17(13-22(23)30-2)12-21-25(29)32-24(28-21)18-8-3-4-9-19(18)26/h3-13H,14H2,1-2H3/b21-12-. The molecule has 0 amide bonds. The zero-order chi connectivity index (χ0) is 22.7. The Hall–Kier alpha value is -3.09. The van der Waals surface area contributed by atoms with Crippen LogP contribution in [0.1, 0.15) is 22.3 Å². The number of aliphatic imine (C=N–C) groups is 1. The Bertz CT molecular complexity index is 1250. The second kappa shape index (κ2) is 9.59. The molecule has 0 unspecified atom stereocenters. The molecule has 0 fully saturated rings. The van der Waals surface area contributed by atoms with Gasteiger partial charge in [-0.1, -0.05) is 53.6 Å². The van der Waals surface area contributed by atoms with Gasteiger partial charge >= 0.3 is 5.97 Å². The van der Waals surface area contributed by atoms with E-state index in [0.717, 1.165) is 15.6 Å². The molecule has 7 heteroatoms. The topological polar surface area (TPSA) is 57.1 Å². The minimum Gasteiger partial charge on any atom is -0.493 e. The highest BCUT2D eigenvalue weighted by molar-refractivity contribution is 9.10. The van der Waals surface area contributed by atoms with Gasteiger partial charge in [0.2, 0.25) is 5.90 Å². The molecule has 0 radical (unpaired) electrons. The van der Waals surface area contributed by atoms with Crippen LogP contribution in [0.4, 0.5) is 0 Å². The number of hydrogen-bond donors (Lipinski definition) is 0. The third-order valence-corrected chi connectivity index (χ3v) is 5.72. The van der Waals surface area contributed by atoms with Crippen molar-refractivity contribution in [2.24, 2.45) is 4.99 Å². The largest absolute Gasteiger partial charge is 0.493 e. The predicted molar refractivity (Wildman–Crippen MR) is 128 cm³/mol. The molecule has 32 heavy (non-hydrogen) atoms. The first-order valence-electron chi connectivity index (χ1n) is 9.78. The Balaban J connectivity index is 1.60. The smallest absolute Gasteiger partial charge is 0.363 e. The number of carbonyl (C=O) groups excluding carboxylic acids is 1. The van der Waals surface area contributed by atoms with Crippen LogP contribution in [-0.2, 0) is 16.1 Å². The van der Waals surface area contributed by atoms with Crippen LogP contribution < -0.4 is 9.47 Å². The monoisotopic (exact) mass is 511 g/mol. The molecule has 162 valence electrons. The zero-order valence-electron chi connectivity index (χ0n) is 17.4. The van der Waals surface area contributed by atoms with Crippen molar-refractivity contribution in [3.63, 3.8) is 0 Å². The molecule has 1 heterocycles. The lowest BCUT2D eigenvalue weighted by Crippen LogP contribution is -2.05. The number of carbonyl (C=O) groups is 1. The number of benzene rings is 3. The van der Waals surface area contributed by atoms with E-state index >= 15 is 0 Å². The highest BCUT2D eigenvalue weighted by Crippen LogP contribution is 2.38. The average Bonchev–Trinajstić information content (AvgIpc) is 3.13. The average molecular weight is 513 g/mol. The van der Waals surface area contributed by atoms with Crippen LogP contribution in [0.2, 0.25) is 5.02 Å². The molecule has 0 aliphatic carbocycles. The van der Waals surface area contributed by atoms with Crippen LogP contribution in [0, 0.1) is 6.92 Å². The van der Waals surface area contributed by atoms with Crippen LogP contribution in [0.5, 0.6) is 11.5 Å². The van der Waals surface area contributed by atoms with Crippen molar-refractivity contribution in [2.75, 3.05) is 7.11 Å². The summed E-state index contributed by atoms with van der Waals surface area (Å²) in [5, 5.41) is 0.366. The molecule has 0 spiro atoms. The van der Waals surface area contributed by atoms with E-state index in [9.17, 15) is 4.79 Å². The fourth-order valence-corrected chi connectivity index (χ4v) is 3.97. The van der Waals surface area contributed by atoms with Crippen LogP contribution >= 0.6 is 27.5 Å². The van der Waals surface area contributed by atoms with Gasteiger partial charge < -0.3 is 14.2 Å². The lowest BCUT2D eigenvalue weighted by molar-refractivity contribution is -0.129. The Morgan fingerprint density at radius 1 is 1.12 bits per heavy atom. The summed E-state index contributed by atoms with van der Waals surface area (Å²) >= 11 is 9.93. The van der Waals surface area contributed by atoms with Gasteiger partial charge in [0.15, 0.2) is 17.2 Å². The molecule has 3 aromatic rings. The van der Waals surface area contributed by atoms with Gasteiger partial charge in [0, 0.05) is 4.47 Å². The zero-order valence-corrected chi connectivity index (χ0v) is 19.7. The Morgan fingerprint density at radius 2 is 1.94 bits per heavy atom. The van der Waals surface area contributed by atoms with Gasteiger partial charge in [-0.2, -0.15) is 0 Å². The number of cyclic esters (lactones) is 1. The molecule has 1 aliphatic rings. The third-order valence-electron chi connectivity index (χ3n) is 4.75. The van der Waals surface area contributed by atoms with Crippen LogP contribution in [0.25, 0.3) is 6.08 Å². The summed E-state index contributed by atoms with van der Waals surface area (Å²) in [7, 11) is 1.54. The number of esters is 1. The highest BCUT2D eigenvalue weighted by Gasteiger charge is 2.25. The molecule has 0 saturated carbocycles. The van der Waals surface area contributed by atoms with E-state index in [4.69, 9.17) is 25.8 Å². The molecule has 4 rings (SSSR count). The van der Waals surface area contributed by atoms with Gasteiger partial charge in [-0.3, -0.25) is 0 Å². The molecule has 0 N–H and O–H groups in total. The number of ether oxygens (including phenoxy) is 3. The van der Waals surface area contributed by atoms with Gasteiger partial charge in [0.05, 0.1) is 17.7 Å².